The van der Waals surface area contributed by atoms with E-state index in [1.807, 2.05) is 24.3 Å². The minimum atomic E-state index is -2.81. The van der Waals surface area contributed by atoms with E-state index < -0.39 is 12.2 Å². The molecule has 0 radical (unpaired) electrons. The van der Waals surface area contributed by atoms with Crippen LogP contribution in [0, 0.1) is 5.92 Å². The van der Waals surface area contributed by atoms with E-state index in [9.17, 15) is 13.6 Å². The van der Waals surface area contributed by atoms with Crippen molar-refractivity contribution in [3.63, 3.8) is 0 Å². The standard InChI is InChI=1S/C12H12F2O/c13-12(14)11(15)7-8-5-9-3-1-2-4-10(9)6-8/h1-4,8,12H,5-7H2. The molecule has 0 saturated carbocycles. The minimum Gasteiger partial charge on any atom is -0.293 e. The van der Waals surface area contributed by atoms with Gasteiger partial charge in [0.25, 0.3) is 6.43 Å². The molecular formula is C12H12F2O. The molecule has 0 amide bonds. The summed E-state index contributed by atoms with van der Waals surface area (Å²) in [7, 11) is 0. The normalized spacial score (nSPS) is 15.7. The third-order valence-electron chi connectivity index (χ3n) is 2.87. The lowest BCUT2D eigenvalue weighted by atomic mass is 10.00. The maximum absolute atomic E-state index is 12.1. The Bertz CT molecular complexity index is 349. The molecule has 0 aromatic heterocycles. The third kappa shape index (κ3) is 2.22. The lowest BCUT2D eigenvalue weighted by Crippen LogP contribution is -2.15. The monoisotopic (exact) mass is 210 g/mol. The number of benzene rings is 1. The fourth-order valence-electron chi connectivity index (χ4n) is 2.17. The van der Waals surface area contributed by atoms with Crippen molar-refractivity contribution in [2.75, 3.05) is 0 Å². The SMILES string of the molecule is O=C(CC1Cc2ccccc2C1)C(F)F. The Kier molecular flexibility index (Phi) is 2.80. The highest BCUT2D eigenvalue weighted by Gasteiger charge is 2.26. The van der Waals surface area contributed by atoms with Gasteiger partial charge < -0.3 is 0 Å². The topological polar surface area (TPSA) is 17.1 Å². The van der Waals surface area contributed by atoms with Crippen molar-refractivity contribution in [2.45, 2.75) is 25.7 Å². The first kappa shape index (κ1) is 10.3. The molecule has 0 heterocycles. The number of fused-ring (bicyclic) bond motifs is 1. The van der Waals surface area contributed by atoms with Crippen molar-refractivity contribution < 1.29 is 13.6 Å². The summed E-state index contributed by atoms with van der Waals surface area (Å²) in [6.07, 6.45) is -1.29. The van der Waals surface area contributed by atoms with Gasteiger partial charge in [0.15, 0.2) is 5.78 Å². The van der Waals surface area contributed by atoms with Crippen LogP contribution in [0.4, 0.5) is 8.78 Å². The summed E-state index contributed by atoms with van der Waals surface area (Å²) in [5.74, 6) is -0.850. The van der Waals surface area contributed by atoms with Crippen molar-refractivity contribution in [1.82, 2.24) is 0 Å². The minimum absolute atomic E-state index is 0.00630. The number of hydrogen-bond donors (Lipinski definition) is 0. The second-order valence-electron chi connectivity index (χ2n) is 4.01. The van der Waals surface area contributed by atoms with Crippen LogP contribution in [0.2, 0.25) is 0 Å². The van der Waals surface area contributed by atoms with Gasteiger partial charge in [-0.05, 0) is 29.9 Å². The van der Waals surface area contributed by atoms with Crippen LogP contribution in [0.1, 0.15) is 17.5 Å². The van der Waals surface area contributed by atoms with Gasteiger partial charge in [0, 0.05) is 6.42 Å². The van der Waals surface area contributed by atoms with Gasteiger partial charge in [-0.2, -0.15) is 0 Å². The van der Waals surface area contributed by atoms with Crippen molar-refractivity contribution in [3.8, 4) is 0 Å². The highest BCUT2D eigenvalue weighted by molar-refractivity contribution is 5.81. The van der Waals surface area contributed by atoms with Crippen molar-refractivity contribution in [2.24, 2.45) is 5.92 Å². The summed E-state index contributed by atoms with van der Waals surface area (Å²) in [6.45, 7) is 0. The Balaban J connectivity index is 1.99. The van der Waals surface area contributed by atoms with E-state index in [0.29, 0.717) is 0 Å². The molecular weight excluding hydrogens is 198 g/mol. The van der Waals surface area contributed by atoms with E-state index in [2.05, 4.69) is 0 Å². The van der Waals surface area contributed by atoms with E-state index in [1.54, 1.807) is 0 Å². The Morgan fingerprint density at radius 1 is 1.27 bits per heavy atom. The third-order valence-corrected chi connectivity index (χ3v) is 2.87. The van der Waals surface area contributed by atoms with Gasteiger partial charge in [-0.25, -0.2) is 8.78 Å². The van der Waals surface area contributed by atoms with Gasteiger partial charge in [0.05, 0.1) is 0 Å². The zero-order chi connectivity index (χ0) is 10.8. The molecule has 0 fully saturated rings. The summed E-state index contributed by atoms with van der Waals surface area (Å²) in [4.78, 5) is 10.9. The molecule has 3 heteroatoms. The van der Waals surface area contributed by atoms with Crippen molar-refractivity contribution >= 4 is 5.78 Å². The number of rotatable bonds is 3. The van der Waals surface area contributed by atoms with Crippen LogP contribution in [0.3, 0.4) is 0 Å². The van der Waals surface area contributed by atoms with Gasteiger partial charge in [-0.15, -0.1) is 0 Å². The molecule has 1 aliphatic carbocycles. The molecule has 1 aliphatic rings. The highest BCUT2D eigenvalue weighted by Crippen LogP contribution is 2.29. The van der Waals surface area contributed by atoms with Crippen LogP contribution in [-0.4, -0.2) is 12.2 Å². The molecule has 15 heavy (non-hydrogen) atoms. The molecule has 80 valence electrons. The highest BCUT2D eigenvalue weighted by atomic mass is 19.3. The van der Waals surface area contributed by atoms with Crippen molar-refractivity contribution in [1.29, 1.82) is 0 Å². The first-order chi connectivity index (χ1) is 7.16. The number of hydrogen-bond acceptors (Lipinski definition) is 1. The molecule has 0 saturated heterocycles. The van der Waals surface area contributed by atoms with Crippen LogP contribution < -0.4 is 0 Å². The van der Waals surface area contributed by atoms with Gasteiger partial charge in [-0.1, -0.05) is 24.3 Å². The summed E-state index contributed by atoms with van der Waals surface area (Å²) < 4.78 is 24.1. The maximum Gasteiger partial charge on any atom is 0.295 e. The lowest BCUT2D eigenvalue weighted by Gasteiger charge is -2.06. The Morgan fingerprint density at radius 2 is 1.80 bits per heavy atom. The molecule has 0 bridgehead atoms. The summed E-state index contributed by atoms with van der Waals surface area (Å²) in [6, 6.07) is 7.89. The van der Waals surface area contributed by atoms with E-state index in [1.165, 1.54) is 11.1 Å². The largest absolute Gasteiger partial charge is 0.295 e. The predicted molar refractivity (Wildman–Crippen MR) is 53.0 cm³/mol. The van der Waals surface area contributed by atoms with E-state index in [0.717, 1.165) is 12.8 Å². The van der Waals surface area contributed by atoms with Crippen LogP contribution >= 0.6 is 0 Å². The number of carbonyl (C=O) groups excluding carboxylic acids is 1. The second-order valence-corrected chi connectivity index (χ2v) is 4.01. The number of Topliss-reactive ketones (excluding diaryl/α,β-unsaturated/α-hetero) is 1. The summed E-state index contributed by atoms with van der Waals surface area (Å²) in [5.41, 5.74) is 2.40. The lowest BCUT2D eigenvalue weighted by molar-refractivity contribution is -0.130. The van der Waals surface area contributed by atoms with Crippen LogP contribution in [0.15, 0.2) is 24.3 Å². The van der Waals surface area contributed by atoms with E-state index >= 15 is 0 Å². The Morgan fingerprint density at radius 3 is 2.27 bits per heavy atom. The van der Waals surface area contributed by atoms with E-state index in [4.69, 9.17) is 0 Å². The second kappa shape index (κ2) is 4.09. The molecule has 0 unspecified atom stereocenters. The Hall–Kier alpha value is -1.25. The average Bonchev–Trinajstić information content (AvgIpc) is 2.59. The van der Waals surface area contributed by atoms with E-state index in [-0.39, 0.29) is 12.3 Å². The fraction of sp³-hybridized carbons (Fsp3) is 0.417. The molecule has 1 aromatic rings. The van der Waals surface area contributed by atoms with Crippen molar-refractivity contribution in [3.05, 3.63) is 35.4 Å². The molecule has 0 aliphatic heterocycles. The molecule has 1 aromatic carbocycles. The number of halogens is 2. The number of alkyl halides is 2. The van der Waals surface area contributed by atoms with Gasteiger partial charge in [0.2, 0.25) is 0 Å². The molecule has 0 N–H and O–H groups in total. The number of ketones is 1. The zero-order valence-corrected chi connectivity index (χ0v) is 8.25. The Labute approximate surface area is 87.1 Å². The van der Waals surface area contributed by atoms with Gasteiger partial charge in [0.1, 0.15) is 0 Å². The van der Waals surface area contributed by atoms with Gasteiger partial charge >= 0.3 is 0 Å². The molecule has 0 atom stereocenters. The van der Waals surface area contributed by atoms with Crippen LogP contribution in [-0.2, 0) is 17.6 Å². The smallest absolute Gasteiger partial charge is 0.293 e. The van der Waals surface area contributed by atoms with Crippen LogP contribution in [0.25, 0.3) is 0 Å². The quantitative estimate of drug-likeness (QED) is 0.749. The fourth-order valence-corrected chi connectivity index (χ4v) is 2.17. The number of carbonyl (C=O) groups is 1. The van der Waals surface area contributed by atoms with Gasteiger partial charge in [-0.3, -0.25) is 4.79 Å². The first-order valence-corrected chi connectivity index (χ1v) is 5.04. The molecule has 0 spiro atoms. The molecule has 2 rings (SSSR count). The zero-order valence-electron chi connectivity index (χ0n) is 8.25. The summed E-state index contributed by atoms with van der Waals surface area (Å²) >= 11 is 0. The summed E-state index contributed by atoms with van der Waals surface area (Å²) in [5, 5.41) is 0. The molecule has 1 nitrogen and oxygen atoms in total. The maximum atomic E-state index is 12.1. The average molecular weight is 210 g/mol. The van der Waals surface area contributed by atoms with Crippen LogP contribution in [0.5, 0.6) is 0 Å². The first-order valence-electron chi connectivity index (χ1n) is 5.04. The predicted octanol–water partition coefficient (Wildman–Crippen LogP) is 2.63.